The standard InChI is InChI=1S/C41H45F2N5O4/c1-40(2,3)52-39(49)47-22-29-17-28(26-12-15-44-37(20-26)51-41(4)13-8-7-9-14-41)19-36(32(29)24-47)48-16-10-11-27-18-30(31(38(42)43)21-35(27)48)33-23-46(5)45-34(33)25-50-6/h7-9,12-13,15,17-21,23,38H,10-11,14,16,22,24-25H2,1-6H3. The van der Waals surface area contributed by atoms with Crippen molar-refractivity contribution in [2.75, 3.05) is 18.6 Å². The topological polar surface area (TPSA) is 82.0 Å². The highest BCUT2D eigenvalue weighted by atomic mass is 19.3. The molecule has 4 heterocycles. The number of hydrogen-bond acceptors (Lipinski definition) is 7. The van der Waals surface area contributed by atoms with E-state index in [0.717, 1.165) is 58.5 Å². The maximum absolute atomic E-state index is 15.0. The van der Waals surface area contributed by atoms with Crippen LogP contribution in [0.1, 0.15) is 74.9 Å². The lowest BCUT2D eigenvalue weighted by atomic mass is 9.91. The molecule has 2 aromatic carbocycles. The van der Waals surface area contributed by atoms with Gasteiger partial charge in [0.1, 0.15) is 11.2 Å². The normalized spacial score (nSPS) is 18.2. The van der Waals surface area contributed by atoms with Crippen LogP contribution in [-0.4, -0.2) is 50.6 Å². The molecule has 52 heavy (non-hydrogen) atoms. The molecule has 1 amide bonds. The van der Waals surface area contributed by atoms with E-state index in [0.29, 0.717) is 42.3 Å². The summed E-state index contributed by atoms with van der Waals surface area (Å²) in [7, 11) is 3.35. The lowest BCUT2D eigenvalue weighted by Crippen LogP contribution is -2.33. The van der Waals surface area contributed by atoms with Crippen molar-refractivity contribution in [3.8, 4) is 28.1 Å². The van der Waals surface area contributed by atoms with Crippen molar-refractivity contribution < 1.29 is 27.8 Å². The van der Waals surface area contributed by atoms with Crippen LogP contribution in [-0.2, 0) is 42.6 Å². The minimum Gasteiger partial charge on any atom is -0.467 e. The zero-order valence-corrected chi connectivity index (χ0v) is 30.6. The quantitative estimate of drug-likeness (QED) is 0.180. The smallest absolute Gasteiger partial charge is 0.410 e. The highest BCUT2D eigenvalue weighted by Crippen LogP contribution is 2.46. The largest absolute Gasteiger partial charge is 0.467 e. The van der Waals surface area contributed by atoms with Crippen molar-refractivity contribution in [2.45, 2.75) is 84.3 Å². The van der Waals surface area contributed by atoms with E-state index in [1.807, 2.05) is 64.1 Å². The summed E-state index contributed by atoms with van der Waals surface area (Å²) in [5, 5.41) is 4.49. The third kappa shape index (κ3) is 7.19. The SMILES string of the molecule is COCc1nn(C)cc1-c1cc2c(cc1C(F)F)N(c1cc(-c3ccnc(OC4(C)C=CC=CC4)c3)cc3c1CN(C(=O)OC(C)(C)C)C3)CCC2. The number of aromatic nitrogens is 3. The molecule has 0 fully saturated rings. The number of ether oxygens (including phenoxy) is 3. The number of fused-ring (bicyclic) bond motifs is 2. The molecule has 272 valence electrons. The highest BCUT2D eigenvalue weighted by Gasteiger charge is 2.34. The number of carbonyl (C=O) groups is 1. The maximum atomic E-state index is 15.0. The summed E-state index contributed by atoms with van der Waals surface area (Å²) >= 11 is 0. The van der Waals surface area contributed by atoms with Gasteiger partial charge in [-0.3, -0.25) is 9.58 Å². The average molecular weight is 710 g/mol. The lowest BCUT2D eigenvalue weighted by molar-refractivity contribution is 0.0242. The monoisotopic (exact) mass is 709 g/mol. The molecular weight excluding hydrogens is 664 g/mol. The Labute approximate surface area is 303 Å². The fourth-order valence-electron chi connectivity index (χ4n) is 7.34. The molecule has 9 nitrogen and oxygen atoms in total. The molecule has 0 bridgehead atoms. The highest BCUT2D eigenvalue weighted by molar-refractivity contribution is 5.83. The van der Waals surface area contributed by atoms with E-state index in [1.165, 1.54) is 0 Å². The number of carbonyl (C=O) groups excluding carboxylic acids is 1. The Hall–Kier alpha value is -5.03. The number of aryl methyl sites for hydroxylation is 2. The van der Waals surface area contributed by atoms with E-state index in [4.69, 9.17) is 14.2 Å². The van der Waals surface area contributed by atoms with Gasteiger partial charge >= 0.3 is 6.09 Å². The van der Waals surface area contributed by atoms with Crippen molar-refractivity contribution in [2.24, 2.45) is 7.05 Å². The summed E-state index contributed by atoms with van der Waals surface area (Å²) in [6, 6.07) is 11.6. The summed E-state index contributed by atoms with van der Waals surface area (Å²) in [6.45, 7) is 9.12. The Kier molecular flexibility index (Phi) is 9.41. The van der Waals surface area contributed by atoms with Gasteiger partial charge in [-0.1, -0.05) is 18.2 Å². The zero-order chi connectivity index (χ0) is 36.8. The molecule has 3 aliphatic rings. The molecule has 2 aliphatic heterocycles. The summed E-state index contributed by atoms with van der Waals surface area (Å²) in [4.78, 5) is 21.7. The number of methoxy groups -OCH3 is 1. The number of hydrogen-bond donors (Lipinski definition) is 0. The molecule has 0 radical (unpaired) electrons. The van der Waals surface area contributed by atoms with E-state index >= 15 is 0 Å². The van der Waals surface area contributed by atoms with Crippen LogP contribution in [0.2, 0.25) is 0 Å². The third-order valence-electron chi connectivity index (χ3n) is 9.68. The van der Waals surface area contributed by atoms with Gasteiger partial charge < -0.3 is 19.1 Å². The van der Waals surface area contributed by atoms with Crippen LogP contribution in [0, 0.1) is 0 Å². The van der Waals surface area contributed by atoms with E-state index in [2.05, 4.69) is 33.2 Å². The molecule has 0 saturated heterocycles. The van der Waals surface area contributed by atoms with E-state index < -0.39 is 23.7 Å². The van der Waals surface area contributed by atoms with E-state index in [9.17, 15) is 13.6 Å². The second kappa shape index (κ2) is 13.8. The minimum atomic E-state index is -2.72. The lowest BCUT2D eigenvalue weighted by Gasteiger charge is -2.34. The van der Waals surface area contributed by atoms with Gasteiger partial charge in [0.05, 0.1) is 18.8 Å². The number of pyridine rings is 1. The second-order valence-electron chi connectivity index (χ2n) is 15.0. The molecule has 7 rings (SSSR count). The van der Waals surface area contributed by atoms with Crippen molar-refractivity contribution in [1.82, 2.24) is 19.7 Å². The van der Waals surface area contributed by atoms with Gasteiger partial charge in [0.25, 0.3) is 6.43 Å². The number of halogens is 2. The number of allylic oxidation sites excluding steroid dienone is 2. The van der Waals surface area contributed by atoms with E-state index in [-0.39, 0.29) is 12.2 Å². The summed E-state index contributed by atoms with van der Waals surface area (Å²) in [6.07, 6.45) is 10.8. The fourth-order valence-corrected chi connectivity index (χ4v) is 7.34. The van der Waals surface area contributed by atoms with Crippen LogP contribution in [0.25, 0.3) is 22.3 Å². The van der Waals surface area contributed by atoms with Crippen molar-refractivity contribution in [1.29, 1.82) is 0 Å². The Bertz CT molecular complexity index is 2070. The fraction of sp³-hybridized carbons (Fsp3) is 0.390. The van der Waals surface area contributed by atoms with Gasteiger partial charge in [0, 0.05) is 80.2 Å². The number of nitrogens with zero attached hydrogens (tertiary/aromatic N) is 5. The van der Waals surface area contributed by atoms with Gasteiger partial charge in [0.15, 0.2) is 0 Å². The first-order valence-electron chi connectivity index (χ1n) is 17.7. The van der Waals surface area contributed by atoms with Gasteiger partial charge in [-0.05, 0) is 105 Å². The van der Waals surface area contributed by atoms with Gasteiger partial charge in [-0.2, -0.15) is 5.10 Å². The predicted molar refractivity (Wildman–Crippen MR) is 197 cm³/mol. The Morgan fingerprint density at radius 1 is 1.02 bits per heavy atom. The molecule has 4 aromatic rings. The van der Waals surface area contributed by atoms with Crippen molar-refractivity contribution in [3.63, 3.8) is 0 Å². The third-order valence-corrected chi connectivity index (χ3v) is 9.68. The molecule has 11 heteroatoms. The first-order chi connectivity index (χ1) is 24.8. The average Bonchev–Trinajstić information content (AvgIpc) is 3.70. The van der Waals surface area contributed by atoms with Gasteiger partial charge in [-0.25, -0.2) is 18.6 Å². The summed E-state index contributed by atoms with van der Waals surface area (Å²) in [5.74, 6) is 0.498. The molecule has 0 N–H and O–H groups in total. The molecule has 1 aliphatic carbocycles. The maximum Gasteiger partial charge on any atom is 0.410 e. The predicted octanol–water partition coefficient (Wildman–Crippen LogP) is 9.22. The molecule has 2 aromatic heterocycles. The number of anilines is 2. The zero-order valence-electron chi connectivity index (χ0n) is 30.6. The van der Waals surface area contributed by atoms with Crippen LogP contribution < -0.4 is 9.64 Å². The van der Waals surface area contributed by atoms with Crippen molar-refractivity contribution >= 4 is 17.5 Å². The Morgan fingerprint density at radius 2 is 1.85 bits per heavy atom. The molecular formula is C41H45F2N5O4. The number of alkyl halides is 2. The van der Waals surface area contributed by atoms with Gasteiger partial charge in [0.2, 0.25) is 5.88 Å². The van der Waals surface area contributed by atoms with Crippen LogP contribution in [0.15, 0.2) is 73.1 Å². The molecule has 0 saturated carbocycles. The molecule has 1 atom stereocenters. The first kappa shape index (κ1) is 35.4. The van der Waals surface area contributed by atoms with Crippen LogP contribution in [0.4, 0.5) is 25.0 Å². The number of rotatable bonds is 8. The minimum absolute atomic E-state index is 0.0600. The number of benzene rings is 2. The molecule has 1 unspecified atom stereocenters. The van der Waals surface area contributed by atoms with Crippen LogP contribution in [0.5, 0.6) is 5.88 Å². The van der Waals surface area contributed by atoms with Crippen LogP contribution in [0.3, 0.4) is 0 Å². The number of amides is 1. The van der Waals surface area contributed by atoms with E-state index in [1.54, 1.807) is 42.2 Å². The Balaban J connectivity index is 1.33. The summed E-state index contributed by atoms with van der Waals surface area (Å²) in [5.41, 5.74) is 6.82. The van der Waals surface area contributed by atoms with Crippen LogP contribution >= 0.6 is 0 Å². The molecule has 0 spiro atoms. The second-order valence-corrected chi connectivity index (χ2v) is 15.0. The Morgan fingerprint density at radius 3 is 2.58 bits per heavy atom. The summed E-state index contributed by atoms with van der Waals surface area (Å²) < 4.78 is 49.1. The van der Waals surface area contributed by atoms with Crippen molar-refractivity contribution in [3.05, 3.63) is 101 Å². The first-order valence-corrected chi connectivity index (χ1v) is 17.7. The van der Waals surface area contributed by atoms with Gasteiger partial charge in [-0.15, -0.1) is 0 Å².